The molecule has 0 aliphatic carbocycles. The Labute approximate surface area is 143 Å². The van der Waals surface area contributed by atoms with Crippen LogP contribution in [0.15, 0.2) is 24.3 Å². The second-order valence-corrected chi connectivity index (χ2v) is 5.96. The van der Waals surface area contributed by atoms with Crippen molar-refractivity contribution >= 4 is 29.1 Å². The summed E-state index contributed by atoms with van der Waals surface area (Å²) in [6.07, 6.45) is 2.00. The van der Waals surface area contributed by atoms with Crippen molar-refractivity contribution in [1.82, 2.24) is 9.97 Å². The smallest absolute Gasteiger partial charge is 0.229 e. The summed E-state index contributed by atoms with van der Waals surface area (Å²) in [6.45, 7) is 10.3. The molecule has 1 aromatic carbocycles. The van der Waals surface area contributed by atoms with Crippen LogP contribution in [0.3, 0.4) is 0 Å². The molecular weight excluding hydrogens is 308 g/mol. The second kappa shape index (κ2) is 8.16. The van der Waals surface area contributed by atoms with Crippen LogP contribution in [0.5, 0.6) is 0 Å². The predicted octanol–water partition coefficient (Wildman–Crippen LogP) is 4.98. The first kappa shape index (κ1) is 17.5. The van der Waals surface area contributed by atoms with Gasteiger partial charge in [-0.15, -0.1) is 0 Å². The molecule has 0 unspecified atom stereocenters. The van der Waals surface area contributed by atoms with Crippen molar-refractivity contribution in [3.63, 3.8) is 0 Å². The summed E-state index contributed by atoms with van der Waals surface area (Å²) in [6, 6.07) is 7.98. The fraction of sp³-hybridized carbons (Fsp3) is 0.444. The number of aryl methyl sites for hydroxylation is 2. The lowest BCUT2D eigenvalue weighted by Crippen LogP contribution is -2.23. The fourth-order valence-electron chi connectivity index (χ4n) is 2.43. The summed E-state index contributed by atoms with van der Waals surface area (Å²) in [4.78, 5) is 11.5. The zero-order valence-electron chi connectivity index (χ0n) is 14.4. The van der Waals surface area contributed by atoms with Crippen LogP contribution in [-0.2, 0) is 6.42 Å². The number of benzene rings is 1. The maximum atomic E-state index is 6.20. The number of rotatable bonds is 7. The molecule has 0 spiro atoms. The molecule has 23 heavy (non-hydrogen) atoms. The molecule has 0 aliphatic heterocycles. The van der Waals surface area contributed by atoms with Gasteiger partial charge in [0.05, 0.1) is 0 Å². The molecule has 0 amide bonds. The highest BCUT2D eigenvalue weighted by Gasteiger charge is 2.10. The van der Waals surface area contributed by atoms with E-state index in [2.05, 4.69) is 47.0 Å². The average Bonchev–Trinajstić information content (AvgIpc) is 2.52. The second-order valence-electron chi connectivity index (χ2n) is 5.55. The Bertz CT molecular complexity index is 653. The minimum absolute atomic E-state index is 0.623. The number of halogens is 1. The minimum Gasteiger partial charge on any atom is -0.357 e. The third kappa shape index (κ3) is 4.58. The van der Waals surface area contributed by atoms with E-state index in [0.717, 1.165) is 53.7 Å². The Morgan fingerprint density at radius 3 is 2.43 bits per heavy atom. The van der Waals surface area contributed by atoms with Gasteiger partial charge in [-0.25, -0.2) is 4.98 Å². The molecule has 0 atom stereocenters. The summed E-state index contributed by atoms with van der Waals surface area (Å²) in [7, 11) is 0. The summed E-state index contributed by atoms with van der Waals surface area (Å²) in [5.41, 5.74) is 3.02. The Morgan fingerprint density at radius 1 is 1.09 bits per heavy atom. The summed E-state index contributed by atoms with van der Waals surface area (Å²) < 4.78 is 0. The van der Waals surface area contributed by atoms with E-state index in [1.165, 1.54) is 0 Å². The zero-order chi connectivity index (χ0) is 16.8. The molecule has 0 saturated carbocycles. The topological polar surface area (TPSA) is 41.1 Å². The van der Waals surface area contributed by atoms with Gasteiger partial charge in [-0.1, -0.05) is 31.0 Å². The Kier molecular flexibility index (Phi) is 6.22. The number of nitrogens with one attached hydrogen (secondary N) is 1. The van der Waals surface area contributed by atoms with E-state index >= 15 is 0 Å². The fourth-order valence-corrected chi connectivity index (χ4v) is 2.61. The number of hydrogen-bond acceptors (Lipinski definition) is 4. The molecule has 0 bridgehead atoms. The van der Waals surface area contributed by atoms with Crippen LogP contribution in [0, 0.1) is 6.92 Å². The SMILES string of the molecule is CCCc1cc(N(CC)CC)nc(Nc2ccc(C)c(Cl)c2)n1. The standard InChI is InChI=1S/C18H25ClN4/c1-5-8-14-12-17(23(6-2)7-3)22-18(20-14)21-15-10-9-13(4)16(19)11-15/h9-12H,5-8H2,1-4H3,(H,20,21,22). The third-order valence-electron chi connectivity index (χ3n) is 3.79. The number of nitrogens with zero attached hydrogens (tertiary/aromatic N) is 3. The molecule has 2 rings (SSSR count). The van der Waals surface area contributed by atoms with Gasteiger partial charge in [0.2, 0.25) is 5.95 Å². The lowest BCUT2D eigenvalue weighted by atomic mass is 10.2. The molecule has 1 N–H and O–H groups in total. The first-order chi connectivity index (χ1) is 11.1. The van der Waals surface area contributed by atoms with Crippen LogP contribution in [0.2, 0.25) is 5.02 Å². The van der Waals surface area contributed by atoms with Crippen LogP contribution in [-0.4, -0.2) is 23.1 Å². The summed E-state index contributed by atoms with van der Waals surface area (Å²) >= 11 is 6.20. The van der Waals surface area contributed by atoms with E-state index in [0.29, 0.717) is 5.95 Å². The highest BCUT2D eigenvalue weighted by molar-refractivity contribution is 6.31. The normalized spacial score (nSPS) is 10.7. The first-order valence-corrected chi connectivity index (χ1v) is 8.61. The number of anilines is 3. The molecule has 1 aromatic heterocycles. The van der Waals surface area contributed by atoms with Crippen molar-refractivity contribution in [3.8, 4) is 0 Å². The summed E-state index contributed by atoms with van der Waals surface area (Å²) in [5, 5.41) is 4.02. The van der Waals surface area contributed by atoms with E-state index in [-0.39, 0.29) is 0 Å². The van der Waals surface area contributed by atoms with Gasteiger partial charge in [0.15, 0.2) is 0 Å². The molecule has 0 fully saturated rings. The van der Waals surface area contributed by atoms with Crippen LogP contribution in [0.4, 0.5) is 17.5 Å². The van der Waals surface area contributed by atoms with Gasteiger partial charge in [0.1, 0.15) is 5.82 Å². The maximum absolute atomic E-state index is 6.20. The van der Waals surface area contributed by atoms with E-state index in [1.54, 1.807) is 0 Å². The quantitative estimate of drug-likeness (QED) is 0.776. The predicted molar refractivity (Wildman–Crippen MR) is 99.1 cm³/mol. The molecule has 1 heterocycles. The van der Waals surface area contributed by atoms with Gasteiger partial charge in [0.25, 0.3) is 0 Å². The highest BCUT2D eigenvalue weighted by Crippen LogP contribution is 2.23. The Morgan fingerprint density at radius 2 is 1.83 bits per heavy atom. The van der Waals surface area contributed by atoms with Crippen molar-refractivity contribution in [2.24, 2.45) is 0 Å². The molecule has 0 saturated heterocycles. The van der Waals surface area contributed by atoms with Crippen molar-refractivity contribution < 1.29 is 0 Å². The van der Waals surface area contributed by atoms with E-state index in [4.69, 9.17) is 11.6 Å². The lowest BCUT2D eigenvalue weighted by Gasteiger charge is -2.21. The number of hydrogen-bond donors (Lipinski definition) is 1. The van der Waals surface area contributed by atoms with E-state index in [9.17, 15) is 0 Å². The largest absolute Gasteiger partial charge is 0.357 e. The minimum atomic E-state index is 0.623. The molecule has 2 aromatic rings. The van der Waals surface area contributed by atoms with E-state index in [1.807, 2.05) is 25.1 Å². The monoisotopic (exact) mass is 332 g/mol. The third-order valence-corrected chi connectivity index (χ3v) is 4.19. The zero-order valence-corrected chi connectivity index (χ0v) is 15.1. The first-order valence-electron chi connectivity index (χ1n) is 8.23. The van der Waals surface area contributed by atoms with Gasteiger partial charge < -0.3 is 10.2 Å². The van der Waals surface area contributed by atoms with E-state index < -0.39 is 0 Å². The maximum Gasteiger partial charge on any atom is 0.229 e. The van der Waals surface area contributed by atoms with Crippen molar-refractivity contribution in [2.75, 3.05) is 23.3 Å². The highest BCUT2D eigenvalue weighted by atomic mass is 35.5. The summed E-state index contributed by atoms with van der Waals surface area (Å²) in [5.74, 6) is 1.59. The van der Waals surface area contributed by atoms with Crippen molar-refractivity contribution in [1.29, 1.82) is 0 Å². The van der Waals surface area contributed by atoms with Crippen LogP contribution in [0.25, 0.3) is 0 Å². The van der Waals surface area contributed by atoms with Gasteiger partial charge in [-0.3, -0.25) is 0 Å². The average molecular weight is 333 g/mol. The van der Waals surface area contributed by atoms with Crippen LogP contribution in [0.1, 0.15) is 38.4 Å². The lowest BCUT2D eigenvalue weighted by molar-refractivity contribution is 0.824. The molecule has 0 radical (unpaired) electrons. The Hall–Kier alpha value is -1.81. The van der Waals surface area contributed by atoms with Crippen LogP contribution < -0.4 is 10.2 Å². The van der Waals surface area contributed by atoms with Crippen molar-refractivity contribution in [3.05, 3.63) is 40.5 Å². The van der Waals surface area contributed by atoms with Gasteiger partial charge in [-0.2, -0.15) is 4.98 Å². The molecular formula is C18H25ClN4. The van der Waals surface area contributed by atoms with Gasteiger partial charge in [-0.05, 0) is 44.9 Å². The van der Waals surface area contributed by atoms with Gasteiger partial charge in [0, 0.05) is 35.6 Å². The molecule has 124 valence electrons. The Balaban J connectivity index is 2.33. The van der Waals surface area contributed by atoms with Crippen molar-refractivity contribution in [2.45, 2.75) is 40.5 Å². The van der Waals surface area contributed by atoms with Crippen LogP contribution >= 0.6 is 11.6 Å². The molecule has 5 heteroatoms. The van der Waals surface area contributed by atoms with Gasteiger partial charge >= 0.3 is 0 Å². The molecule has 4 nitrogen and oxygen atoms in total. The number of aromatic nitrogens is 2. The molecule has 0 aliphatic rings.